The van der Waals surface area contributed by atoms with E-state index in [9.17, 15) is 24.0 Å². The summed E-state index contributed by atoms with van der Waals surface area (Å²) >= 11 is 2.78. The van der Waals surface area contributed by atoms with Gasteiger partial charge in [-0.25, -0.2) is 4.79 Å². The Hall–Kier alpha value is -4.39. The van der Waals surface area contributed by atoms with E-state index in [1.165, 1.54) is 29.3 Å². The molecule has 0 saturated heterocycles. The number of rotatable bonds is 10. The minimum Gasteiger partial charge on any atom is -0.514 e. The SMILES string of the molecule is CC(=O)C(C)C.CC(C)/C(N)=C/O.CC(C)C(C)O.CC(C)CO.CC(C)c1cc(=O)[nH]s1.CC(C)c1cn[nH]n1.CC(C)c1coc(=O)[nH]1.CC(C)c1cs[nH]c1=O.CCC(=O)C(C)C. The van der Waals surface area contributed by atoms with Crippen molar-refractivity contribution in [1.82, 2.24) is 29.1 Å². The summed E-state index contributed by atoms with van der Waals surface area (Å²) in [4.78, 5) is 56.1. The number of aliphatic hydroxyl groups is 3. The molecule has 9 N–H and O–H groups in total. The first-order valence-corrected chi connectivity index (χ1v) is 24.3. The number of allylic oxidation sites excluding steroid dienone is 1. The van der Waals surface area contributed by atoms with E-state index in [0.29, 0.717) is 60.0 Å². The number of ketones is 2. The number of hydrogen-bond donors (Lipinski definition) is 8. The van der Waals surface area contributed by atoms with Crippen molar-refractivity contribution in [3.63, 3.8) is 0 Å². The van der Waals surface area contributed by atoms with Gasteiger partial charge in [0.1, 0.15) is 17.8 Å². The summed E-state index contributed by atoms with van der Waals surface area (Å²) in [6.45, 7) is 41.3. The van der Waals surface area contributed by atoms with E-state index < -0.39 is 0 Å². The second kappa shape index (κ2) is 42.0. The van der Waals surface area contributed by atoms with Gasteiger partial charge in [-0.15, -0.1) is 0 Å². The first kappa shape index (κ1) is 70.6. The number of nitrogens with one attached hydrogen (secondary N) is 4. The number of carbonyl (C=O) groups is 2. The Bertz CT molecular complexity index is 1850. The summed E-state index contributed by atoms with van der Waals surface area (Å²) in [7, 11) is 0. The van der Waals surface area contributed by atoms with Crippen molar-refractivity contribution in [1.29, 1.82) is 0 Å². The van der Waals surface area contributed by atoms with Gasteiger partial charge in [0, 0.05) is 52.4 Å². The number of nitrogens with zero attached hydrogens (tertiary/aromatic N) is 2. The Balaban J connectivity index is -0.000000213. The average Bonchev–Trinajstić information content (AvgIpc) is 4.08. The normalized spacial score (nSPS) is 10.9. The number of oxazole rings is 1. The van der Waals surface area contributed by atoms with Crippen LogP contribution >= 0.6 is 23.1 Å². The molecule has 0 amide bonds. The van der Waals surface area contributed by atoms with Crippen molar-refractivity contribution in [2.24, 2.45) is 35.3 Å². The third kappa shape index (κ3) is 43.5. The van der Waals surface area contributed by atoms with Crippen LogP contribution in [0.15, 0.2) is 54.7 Å². The summed E-state index contributed by atoms with van der Waals surface area (Å²) < 4.78 is 9.79. The highest BCUT2D eigenvalue weighted by Gasteiger charge is 2.04. The topological polar surface area (TPSA) is 274 Å². The molecule has 16 nitrogen and oxygen atoms in total. The second-order valence-electron chi connectivity index (χ2n) is 17.9. The van der Waals surface area contributed by atoms with Gasteiger partial charge in [0.05, 0.1) is 30.0 Å². The van der Waals surface area contributed by atoms with E-state index in [1.807, 2.05) is 109 Å². The highest BCUT2D eigenvalue weighted by molar-refractivity contribution is 7.05. The lowest BCUT2D eigenvalue weighted by Crippen LogP contribution is -2.07. The third-order valence-electron chi connectivity index (χ3n) is 8.47. The Morgan fingerprint density at radius 3 is 1.42 bits per heavy atom. The monoisotopic (exact) mass is 974 g/mol. The number of aromatic nitrogens is 6. The second-order valence-corrected chi connectivity index (χ2v) is 19.5. The van der Waals surface area contributed by atoms with E-state index in [-0.39, 0.29) is 46.5 Å². The number of hydrogen-bond acceptors (Lipinski definition) is 14. The lowest BCUT2D eigenvalue weighted by Gasteiger charge is -2.04. The van der Waals surface area contributed by atoms with Crippen LogP contribution in [0, 0.1) is 29.6 Å². The molecular formula is C48H91N7O9S2. The fourth-order valence-corrected chi connectivity index (χ4v) is 4.33. The van der Waals surface area contributed by atoms with Crippen molar-refractivity contribution >= 4 is 34.6 Å². The van der Waals surface area contributed by atoms with Crippen LogP contribution in [0.1, 0.15) is 197 Å². The molecule has 4 aromatic heterocycles. The number of H-pyrrole nitrogens is 4. The molecule has 0 bridgehead atoms. The molecule has 4 heterocycles. The van der Waals surface area contributed by atoms with Gasteiger partial charge in [0.2, 0.25) is 0 Å². The maximum Gasteiger partial charge on any atom is 0.416 e. The molecule has 0 aliphatic rings. The van der Waals surface area contributed by atoms with Gasteiger partial charge in [-0.2, -0.15) is 15.4 Å². The average molecular weight is 974 g/mol. The number of carbonyl (C=O) groups excluding carboxylic acids is 2. The van der Waals surface area contributed by atoms with Gasteiger partial charge < -0.3 is 25.5 Å². The lowest BCUT2D eigenvalue weighted by molar-refractivity contribution is -0.121. The number of nitrogens with two attached hydrogens (primary N) is 1. The molecule has 66 heavy (non-hydrogen) atoms. The standard InChI is InChI=1S/C6H9NO2.2C6H9NOS.C6H12O.C5H9N3.C5H11NO.C5H12O.C5H10O.C4H10O/c1-4(2)5-3-9-6(8)7-5;1-4(2)5-3-9-7-6(5)8;1-4(2)5-3-6(8)7-9-5;1-4-6(7)5(2)3;1-4(2)5-3-6-8-7-5;1-4(2)5(6)3-7;2*1-4(2)5(3)6;1-4(2)3-5/h3*3-4H,1-2H3,(H,7,8);5H,4H2,1-3H3;3-4H,1-2H3,(H,6,7,8);3-4,7H,6H2,1-2H3;4-6H,1-3H3;4H,1-3H3;4-5H,3H2,1-2H3/b;;;;;5-3-;;;. The van der Waals surface area contributed by atoms with Gasteiger partial charge in [-0.1, -0.05) is 155 Å². The maximum absolute atomic E-state index is 10.8. The largest absolute Gasteiger partial charge is 0.514 e. The molecule has 18 heteroatoms. The van der Waals surface area contributed by atoms with Crippen LogP contribution in [0.5, 0.6) is 0 Å². The van der Waals surface area contributed by atoms with Crippen LogP contribution < -0.4 is 22.6 Å². The fourth-order valence-electron chi connectivity index (χ4n) is 2.86. The Kier molecular flexibility index (Phi) is 44.9. The molecule has 4 aromatic rings. The Labute approximate surface area is 404 Å². The van der Waals surface area contributed by atoms with Gasteiger partial charge in [0.15, 0.2) is 0 Å². The predicted octanol–water partition coefficient (Wildman–Crippen LogP) is 10.7. The van der Waals surface area contributed by atoms with Crippen LogP contribution in [0.3, 0.4) is 0 Å². The highest BCUT2D eigenvalue weighted by atomic mass is 32.1. The maximum atomic E-state index is 10.8. The molecule has 0 aliphatic carbocycles. The first-order valence-electron chi connectivity index (χ1n) is 22.6. The molecule has 1 unspecified atom stereocenters. The fraction of sp³-hybridized carbons (Fsp3) is 0.688. The molecular weight excluding hydrogens is 883 g/mol. The zero-order valence-corrected chi connectivity index (χ0v) is 45.8. The number of aliphatic hydroxyl groups excluding tert-OH is 3. The van der Waals surface area contributed by atoms with E-state index >= 15 is 0 Å². The molecule has 0 saturated carbocycles. The highest BCUT2D eigenvalue weighted by Crippen LogP contribution is 2.14. The summed E-state index contributed by atoms with van der Waals surface area (Å²) in [5.41, 5.74) is 8.59. The molecule has 0 spiro atoms. The zero-order valence-electron chi connectivity index (χ0n) is 44.2. The molecule has 384 valence electrons. The number of aromatic amines is 4. The quantitative estimate of drug-likeness (QED) is 0.0689. The molecule has 0 radical (unpaired) electrons. The molecule has 0 aliphatic heterocycles. The van der Waals surface area contributed by atoms with Gasteiger partial charge in [-0.05, 0) is 55.3 Å². The Morgan fingerprint density at radius 2 is 1.30 bits per heavy atom. The van der Waals surface area contributed by atoms with Crippen molar-refractivity contribution in [3.05, 3.63) is 89.0 Å². The van der Waals surface area contributed by atoms with Crippen LogP contribution in [0.25, 0.3) is 0 Å². The Morgan fingerprint density at radius 1 is 0.803 bits per heavy atom. The molecule has 0 fully saturated rings. The van der Waals surface area contributed by atoms with Crippen LogP contribution in [-0.4, -0.2) is 68.7 Å². The first-order chi connectivity index (χ1) is 30.3. The van der Waals surface area contributed by atoms with Crippen molar-refractivity contribution < 1.29 is 29.3 Å². The van der Waals surface area contributed by atoms with Gasteiger partial charge >= 0.3 is 5.76 Å². The minimum atomic E-state index is -0.376. The van der Waals surface area contributed by atoms with E-state index in [4.69, 9.17) is 21.1 Å². The minimum absolute atomic E-state index is 0.0173. The van der Waals surface area contributed by atoms with E-state index in [2.05, 4.69) is 61.3 Å². The van der Waals surface area contributed by atoms with Gasteiger partial charge in [0.25, 0.3) is 11.1 Å². The third-order valence-corrected chi connectivity index (χ3v) is 10.3. The smallest absolute Gasteiger partial charge is 0.416 e. The summed E-state index contributed by atoms with van der Waals surface area (Å²) in [6, 6.07) is 1.65. The van der Waals surface area contributed by atoms with Crippen molar-refractivity contribution in [2.75, 3.05) is 6.61 Å². The lowest BCUT2D eigenvalue weighted by atomic mass is 10.1. The summed E-state index contributed by atoms with van der Waals surface area (Å²) in [5, 5.41) is 37.0. The summed E-state index contributed by atoms with van der Waals surface area (Å²) in [6.07, 6.45) is 4.66. The predicted molar refractivity (Wildman–Crippen MR) is 276 cm³/mol. The molecule has 4 rings (SSSR count). The van der Waals surface area contributed by atoms with Gasteiger partial charge in [-0.3, -0.25) is 32.9 Å². The zero-order chi connectivity index (χ0) is 52.9. The van der Waals surface area contributed by atoms with Crippen LogP contribution in [0.2, 0.25) is 0 Å². The van der Waals surface area contributed by atoms with Crippen LogP contribution in [-0.2, 0) is 9.59 Å². The van der Waals surface area contributed by atoms with Crippen LogP contribution in [0.4, 0.5) is 0 Å². The molecule has 0 aromatic carbocycles. The van der Waals surface area contributed by atoms with E-state index in [1.54, 1.807) is 26.1 Å². The molecule has 1 atom stereocenters. The summed E-state index contributed by atoms with van der Waals surface area (Å²) in [5.74, 6) is 3.40. The van der Waals surface area contributed by atoms with Crippen molar-refractivity contribution in [3.8, 4) is 0 Å². The van der Waals surface area contributed by atoms with E-state index in [0.717, 1.165) is 28.1 Å². The van der Waals surface area contributed by atoms with Crippen molar-refractivity contribution in [2.45, 2.75) is 182 Å². The number of Topliss-reactive ketones (excluding diaryl/α,β-unsaturated/α-hetero) is 2.